The molecule has 0 saturated heterocycles. The van der Waals surface area contributed by atoms with Crippen LogP contribution >= 0.6 is 11.8 Å². The molecule has 0 aliphatic rings. The lowest BCUT2D eigenvalue weighted by atomic mass is 10.2. The van der Waals surface area contributed by atoms with Gasteiger partial charge in [0, 0.05) is 12.2 Å². The number of carbonyl (C=O) groups excluding carboxylic acids is 2. The second kappa shape index (κ2) is 11.2. The lowest BCUT2D eigenvalue weighted by molar-refractivity contribution is -0.118. The Morgan fingerprint density at radius 3 is 2.03 bits per heavy atom. The molecule has 2 aromatic rings. The Balaban J connectivity index is 1.78. The van der Waals surface area contributed by atoms with E-state index in [1.807, 2.05) is 31.2 Å². The monoisotopic (exact) mass is 418 g/mol. The SMILES string of the molecule is COc1cc(CNC(=O)CSCC(=O)Nc2ccc(C)cc2)cc(OC)c1OC. The third-order valence-corrected chi connectivity index (χ3v) is 4.95. The van der Waals surface area contributed by atoms with Crippen LogP contribution < -0.4 is 24.8 Å². The van der Waals surface area contributed by atoms with Gasteiger partial charge in [-0.05, 0) is 36.8 Å². The van der Waals surface area contributed by atoms with E-state index < -0.39 is 0 Å². The number of thioether (sulfide) groups is 1. The number of hydrogen-bond donors (Lipinski definition) is 2. The first-order valence-corrected chi connectivity index (χ1v) is 10.1. The number of ether oxygens (including phenoxy) is 3. The summed E-state index contributed by atoms with van der Waals surface area (Å²) in [6.45, 7) is 2.30. The first kappa shape index (κ1) is 22.4. The topological polar surface area (TPSA) is 85.9 Å². The Labute approximate surface area is 175 Å². The molecule has 7 nitrogen and oxygen atoms in total. The van der Waals surface area contributed by atoms with E-state index in [2.05, 4.69) is 10.6 Å². The van der Waals surface area contributed by atoms with Gasteiger partial charge in [0.15, 0.2) is 11.5 Å². The first-order valence-electron chi connectivity index (χ1n) is 8.96. The summed E-state index contributed by atoms with van der Waals surface area (Å²) in [5, 5.41) is 5.63. The standard InChI is InChI=1S/C21H26N2O5S/c1-14-5-7-16(8-6-14)23-20(25)13-29-12-19(24)22-11-15-9-17(26-2)21(28-4)18(10-15)27-3/h5-10H,11-13H2,1-4H3,(H,22,24)(H,23,25). The average Bonchev–Trinajstić information content (AvgIpc) is 2.72. The molecule has 2 N–H and O–H groups in total. The number of amides is 2. The molecule has 0 heterocycles. The molecule has 0 unspecified atom stereocenters. The molecule has 0 aromatic heterocycles. The van der Waals surface area contributed by atoms with Gasteiger partial charge in [-0.25, -0.2) is 0 Å². The van der Waals surface area contributed by atoms with Crippen LogP contribution in [0.25, 0.3) is 0 Å². The summed E-state index contributed by atoms with van der Waals surface area (Å²) >= 11 is 1.25. The maximum absolute atomic E-state index is 12.1. The molecular weight excluding hydrogens is 392 g/mol. The van der Waals surface area contributed by atoms with Gasteiger partial charge in [-0.3, -0.25) is 9.59 Å². The average molecular weight is 419 g/mol. The van der Waals surface area contributed by atoms with E-state index in [-0.39, 0.29) is 23.3 Å². The lowest BCUT2D eigenvalue weighted by Crippen LogP contribution is -2.25. The summed E-state index contributed by atoms with van der Waals surface area (Å²) in [7, 11) is 4.62. The number of rotatable bonds is 10. The van der Waals surface area contributed by atoms with Crippen molar-refractivity contribution < 1.29 is 23.8 Å². The quantitative estimate of drug-likeness (QED) is 0.617. The zero-order chi connectivity index (χ0) is 21.2. The molecule has 2 rings (SSSR count). The van der Waals surface area contributed by atoms with Crippen LogP contribution in [0.4, 0.5) is 5.69 Å². The van der Waals surface area contributed by atoms with E-state index >= 15 is 0 Å². The van der Waals surface area contributed by atoms with Crippen LogP contribution in [0.5, 0.6) is 17.2 Å². The van der Waals surface area contributed by atoms with E-state index in [0.717, 1.165) is 16.8 Å². The van der Waals surface area contributed by atoms with Crippen LogP contribution in [0.1, 0.15) is 11.1 Å². The van der Waals surface area contributed by atoms with Crippen molar-refractivity contribution in [1.82, 2.24) is 5.32 Å². The van der Waals surface area contributed by atoms with Crippen molar-refractivity contribution in [1.29, 1.82) is 0 Å². The van der Waals surface area contributed by atoms with Crippen molar-refractivity contribution in [3.05, 3.63) is 47.5 Å². The number of benzene rings is 2. The highest BCUT2D eigenvalue weighted by atomic mass is 32.2. The van der Waals surface area contributed by atoms with Crippen LogP contribution in [-0.4, -0.2) is 44.6 Å². The molecule has 2 amide bonds. The van der Waals surface area contributed by atoms with E-state index in [9.17, 15) is 9.59 Å². The van der Waals surface area contributed by atoms with Crippen molar-refractivity contribution in [3.8, 4) is 17.2 Å². The Hall–Kier alpha value is -2.87. The smallest absolute Gasteiger partial charge is 0.234 e. The summed E-state index contributed by atoms with van der Waals surface area (Å²) in [5.74, 6) is 1.64. The van der Waals surface area contributed by atoms with Crippen molar-refractivity contribution >= 4 is 29.3 Å². The highest BCUT2D eigenvalue weighted by Gasteiger charge is 2.14. The summed E-state index contributed by atoms with van der Waals surface area (Å²) in [5.41, 5.74) is 2.68. The van der Waals surface area contributed by atoms with Crippen LogP contribution in [0.2, 0.25) is 0 Å². The summed E-state index contributed by atoms with van der Waals surface area (Å²) in [4.78, 5) is 24.0. The van der Waals surface area contributed by atoms with Crippen LogP contribution in [-0.2, 0) is 16.1 Å². The predicted molar refractivity (Wildman–Crippen MR) is 115 cm³/mol. The van der Waals surface area contributed by atoms with Gasteiger partial charge in [0.05, 0.1) is 32.8 Å². The minimum atomic E-state index is -0.160. The van der Waals surface area contributed by atoms with Gasteiger partial charge in [-0.1, -0.05) is 17.7 Å². The predicted octanol–water partition coefficient (Wildman–Crippen LogP) is 3.01. The molecule has 0 saturated carbocycles. The van der Waals surface area contributed by atoms with Crippen molar-refractivity contribution in [2.24, 2.45) is 0 Å². The zero-order valence-corrected chi connectivity index (χ0v) is 17.9. The number of carbonyl (C=O) groups is 2. The van der Waals surface area contributed by atoms with E-state index in [1.165, 1.54) is 33.1 Å². The maximum atomic E-state index is 12.1. The molecular formula is C21H26N2O5S. The minimum Gasteiger partial charge on any atom is -0.493 e. The Kier molecular flexibility index (Phi) is 8.67. The van der Waals surface area contributed by atoms with Gasteiger partial charge in [-0.15, -0.1) is 11.8 Å². The van der Waals surface area contributed by atoms with Gasteiger partial charge in [0.2, 0.25) is 17.6 Å². The van der Waals surface area contributed by atoms with E-state index in [4.69, 9.17) is 14.2 Å². The molecule has 8 heteroatoms. The van der Waals surface area contributed by atoms with Crippen molar-refractivity contribution in [2.45, 2.75) is 13.5 Å². The molecule has 0 fully saturated rings. The van der Waals surface area contributed by atoms with Gasteiger partial charge < -0.3 is 24.8 Å². The Morgan fingerprint density at radius 2 is 1.48 bits per heavy atom. The first-order chi connectivity index (χ1) is 14.0. The molecule has 0 aliphatic heterocycles. The molecule has 156 valence electrons. The minimum absolute atomic E-state index is 0.142. The second-order valence-electron chi connectivity index (χ2n) is 6.22. The fourth-order valence-electron chi connectivity index (χ4n) is 2.56. The van der Waals surface area contributed by atoms with Crippen LogP contribution in [0.15, 0.2) is 36.4 Å². The molecule has 0 spiro atoms. The lowest BCUT2D eigenvalue weighted by Gasteiger charge is -2.14. The normalized spacial score (nSPS) is 10.2. The number of methoxy groups -OCH3 is 3. The van der Waals surface area contributed by atoms with Crippen molar-refractivity contribution in [2.75, 3.05) is 38.2 Å². The molecule has 0 radical (unpaired) electrons. The summed E-state index contributed by atoms with van der Waals surface area (Å²) in [6.07, 6.45) is 0. The Morgan fingerprint density at radius 1 is 0.897 bits per heavy atom. The summed E-state index contributed by atoms with van der Waals surface area (Å²) in [6, 6.07) is 11.1. The van der Waals surface area contributed by atoms with Gasteiger partial charge in [0.1, 0.15) is 0 Å². The second-order valence-corrected chi connectivity index (χ2v) is 7.20. The molecule has 0 atom stereocenters. The highest BCUT2D eigenvalue weighted by molar-refractivity contribution is 8.00. The fraction of sp³-hybridized carbons (Fsp3) is 0.333. The maximum Gasteiger partial charge on any atom is 0.234 e. The number of nitrogens with one attached hydrogen (secondary N) is 2. The number of anilines is 1. The third kappa shape index (κ3) is 6.90. The Bertz CT molecular complexity index is 814. The molecule has 2 aromatic carbocycles. The summed E-state index contributed by atoms with van der Waals surface area (Å²) < 4.78 is 15.9. The van der Waals surface area contributed by atoms with Crippen molar-refractivity contribution in [3.63, 3.8) is 0 Å². The highest BCUT2D eigenvalue weighted by Crippen LogP contribution is 2.38. The fourth-order valence-corrected chi connectivity index (χ4v) is 3.21. The molecule has 0 bridgehead atoms. The van der Waals surface area contributed by atoms with Crippen LogP contribution in [0, 0.1) is 6.92 Å². The van der Waals surface area contributed by atoms with Gasteiger partial charge in [0.25, 0.3) is 0 Å². The molecule has 0 aliphatic carbocycles. The largest absolute Gasteiger partial charge is 0.493 e. The number of aryl methyl sites for hydroxylation is 1. The third-order valence-electron chi connectivity index (χ3n) is 4.02. The van der Waals surface area contributed by atoms with Gasteiger partial charge in [-0.2, -0.15) is 0 Å². The van der Waals surface area contributed by atoms with E-state index in [1.54, 1.807) is 12.1 Å². The van der Waals surface area contributed by atoms with Crippen LogP contribution in [0.3, 0.4) is 0 Å². The van der Waals surface area contributed by atoms with Gasteiger partial charge >= 0.3 is 0 Å². The molecule has 29 heavy (non-hydrogen) atoms. The zero-order valence-electron chi connectivity index (χ0n) is 17.0. The number of hydrogen-bond acceptors (Lipinski definition) is 6. The van der Waals surface area contributed by atoms with E-state index in [0.29, 0.717) is 23.8 Å².